The number of nitrogens with zero attached hydrogens (tertiary/aromatic N) is 2. The topological polar surface area (TPSA) is 62.5 Å². The number of rotatable bonds is 6. The van der Waals surface area contributed by atoms with Crippen LogP contribution in [0.15, 0.2) is 53.3 Å². The lowest BCUT2D eigenvalue weighted by Gasteiger charge is -2.05. The molecule has 0 amide bonds. The number of aromatic nitrogens is 2. The van der Waals surface area contributed by atoms with Gasteiger partial charge < -0.3 is 9.47 Å². The van der Waals surface area contributed by atoms with Crippen LogP contribution in [0.2, 0.25) is 0 Å². The van der Waals surface area contributed by atoms with E-state index in [0.717, 1.165) is 16.8 Å². The third-order valence-electron chi connectivity index (χ3n) is 4.02. The molecular formula is C19H20N2O4. The minimum atomic E-state index is -0.419. The quantitative estimate of drug-likeness (QED) is 0.647. The predicted molar refractivity (Wildman–Crippen MR) is 94.9 cm³/mol. The summed E-state index contributed by atoms with van der Waals surface area (Å²) in [5.41, 5.74) is 2.24. The Bertz CT molecular complexity index is 938. The highest BCUT2D eigenvalue weighted by atomic mass is 16.5. The van der Waals surface area contributed by atoms with Gasteiger partial charge in [-0.05, 0) is 36.8 Å². The fourth-order valence-electron chi connectivity index (χ4n) is 2.83. The minimum Gasteiger partial charge on any atom is -0.497 e. The van der Waals surface area contributed by atoms with Gasteiger partial charge in [0, 0.05) is 0 Å². The molecule has 0 N–H and O–H groups in total. The molecule has 6 nitrogen and oxygen atoms in total. The van der Waals surface area contributed by atoms with E-state index in [-0.39, 0.29) is 18.8 Å². The zero-order valence-electron chi connectivity index (χ0n) is 14.3. The Morgan fingerprint density at radius 2 is 1.64 bits per heavy atom. The van der Waals surface area contributed by atoms with Gasteiger partial charge in [-0.1, -0.05) is 24.3 Å². The van der Waals surface area contributed by atoms with Crippen LogP contribution >= 0.6 is 0 Å². The normalized spacial score (nSPS) is 10.8. The van der Waals surface area contributed by atoms with E-state index in [1.807, 2.05) is 48.5 Å². The van der Waals surface area contributed by atoms with Crippen LogP contribution in [0.3, 0.4) is 0 Å². The van der Waals surface area contributed by atoms with Crippen molar-refractivity contribution in [1.29, 1.82) is 0 Å². The van der Waals surface area contributed by atoms with Crippen LogP contribution in [0.1, 0.15) is 12.5 Å². The monoisotopic (exact) mass is 340 g/mol. The van der Waals surface area contributed by atoms with Gasteiger partial charge in [-0.3, -0.25) is 13.9 Å². The summed E-state index contributed by atoms with van der Waals surface area (Å²) in [7, 11) is 1.61. The second kappa shape index (κ2) is 7.25. The molecule has 3 aromatic rings. The molecule has 0 aliphatic rings. The highest BCUT2D eigenvalue weighted by molar-refractivity contribution is 5.78. The first-order chi connectivity index (χ1) is 12.1. The summed E-state index contributed by atoms with van der Waals surface area (Å²) in [4.78, 5) is 24.7. The molecule has 6 heteroatoms. The molecule has 1 aromatic heterocycles. The van der Waals surface area contributed by atoms with Crippen molar-refractivity contribution in [1.82, 2.24) is 9.13 Å². The fourth-order valence-corrected chi connectivity index (χ4v) is 2.83. The third-order valence-corrected chi connectivity index (χ3v) is 4.02. The second-order valence-corrected chi connectivity index (χ2v) is 5.60. The summed E-state index contributed by atoms with van der Waals surface area (Å²) in [5.74, 6) is 0.345. The van der Waals surface area contributed by atoms with E-state index < -0.39 is 5.97 Å². The molecule has 25 heavy (non-hydrogen) atoms. The number of ether oxygens (including phenoxy) is 2. The molecule has 130 valence electrons. The van der Waals surface area contributed by atoms with Gasteiger partial charge in [-0.15, -0.1) is 0 Å². The Morgan fingerprint density at radius 3 is 2.24 bits per heavy atom. The maximum absolute atomic E-state index is 12.8. The van der Waals surface area contributed by atoms with Gasteiger partial charge in [0.25, 0.3) is 0 Å². The lowest BCUT2D eigenvalue weighted by Crippen LogP contribution is -2.28. The maximum Gasteiger partial charge on any atom is 0.329 e. The van der Waals surface area contributed by atoms with Crippen LogP contribution in [-0.2, 0) is 22.6 Å². The number of imidazole rings is 1. The second-order valence-electron chi connectivity index (χ2n) is 5.60. The number of para-hydroxylation sites is 2. The zero-order valence-corrected chi connectivity index (χ0v) is 14.3. The summed E-state index contributed by atoms with van der Waals surface area (Å²) in [5, 5.41) is 0. The Labute approximate surface area is 145 Å². The Morgan fingerprint density at radius 1 is 1.00 bits per heavy atom. The van der Waals surface area contributed by atoms with Crippen LogP contribution in [-0.4, -0.2) is 28.8 Å². The number of hydrogen-bond acceptors (Lipinski definition) is 4. The van der Waals surface area contributed by atoms with Gasteiger partial charge in [0.2, 0.25) is 0 Å². The molecule has 0 fully saturated rings. The van der Waals surface area contributed by atoms with Crippen LogP contribution in [0.4, 0.5) is 0 Å². The van der Waals surface area contributed by atoms with E-state index in [1.54, 1.807) is 18.6 Å². The number of carbonyl (C=O) groups excluding carboxylic acids is 1. The first-order valence-corrected chi connectivity index (χ1v) is 8.10. The van der Waals surface area contributed by atoms with Gasteiger partial charge in [0.1, 0.15) is 12.3 Å². The first kappa shape index (κ1) is 16.8. The van der Waals surface area contributed by atoms with Crippen molar-refractivity contribution >= 4 is 17.0 Å². The summed E-state index contributed by atoms with van der Waals surface area (Å²) in [6, 6.07) is 15.0. The largest absolute Gasteiger partial charge is 0.497 e. The average molecular weight is 340 g/mol. The van der Waals surface area contributed by atoms with E-state index in [0.29, 0.717) is 12.1 Å². The summed E-state index contributed by atoms with van der Waals surface area (Å²) < 4.78 is 13.3. The molecule has 2 aromatic carbocycles. The van der Waals surface area contributed by atoms with Crippen molar-refractivity contribution in [3.63, 3.8) is 0 Å². The number of benzene rings is 2. The molecule has 0 saturated heterocycles. The molecule has 0 atom stereocenters. The van der Waals surface area contributed by atoms with Crippen LogP contribution < -0.4 is 10.4 Å². The lowest BCUT2D eigenvalue weighted by atomic mass is 10.2. The van der Waals surface area contributed by atoms with Crippen LogP contribution in [0.25, 0.3) is 11.0 Å². The number of esters is 1. The highest BCUT2D eigenvalue weighted by Gasteiger charge is 2.16. The van der Waals surface area contributed by atoms with E-state index in [2.05, 4.69) is 0 Å². The van der Waals surface area contributed by atoms with Gasteiger partial charge in [-0.2, -0.15) is 0 Å². The SMILES string of the molecule is CCOC(=O)Cn1c(=O)n(Cc2ccc(OC)cc2)c2ccccc21. The van der Waals surface area contributed by atoms with Crippen LogP contribution in [0, 0.1) is 0 Å². The molecule has 1 heterocycles. The molecule has 0 aliphatic carbocycles. The van der Waals surface area contributed by atoms with Gasteiger partial charge >= 0.3 is 11.7 Å². The number of hydrogen-bond donors (Lipinski definition) is 0. The summed E-state index contributed by atoms with van der Waals surface area (Å²) in [6.45, 7) is 2.35. The van der Waals surface area contributed by atoms with E-state index in [4.69, 9.17) is 9.47 Å². The molecule has 0 unspecified atom stereocenters. The molecule has 0 spiro atoms. The number of carbonyl (C=O) groups is 1. The Kier molecular flexibility index (Phi) is 4.88. The van der Waals surface area contributed by atoms with Crippen molar-refractivity contribution in [2.75, 3.05) is 13.7 Å². The van der Waals surface area contributed by atoms with Crippen molar-refractivity contribution < 1.29 is 14.3 Å². The van der Waals surface area contributed by atoms with Crippen molar-refractivity contribution in [3.05, 3.63) is 64.6 Å². The van der Waals surface area contributed by atoms with Crippen LogP contribution in [0.5, 0.6) is 5.75 Å². The van der Waals surface area contributed by atoms with Crippen molar-refractivity contribution in [2.45, 2.75) is 20.0 Å². The van der Waals surface area contributed by atoms with Crippen molar-refractivity contribution in [3.8, 4) is 5.75 Å². The first-order valence-electron chi connectivity index (χ1n) is 8.10. The number of fused-ring (bicyclic) bond motifs is 1. The van der Waals surface area contributed by atoms with E-state index in [9.17, 15) is 9.59 Å². The van der Waals surface area contributed by atoms with Crippen molar-refractivity contribution in [2.24, 2.45) is 0 Å². The third kappa shape index (κ3) is 3.42. The summed E-state index contributed by atoms with van der Waals surface area (Å²) >= 11 is 0. The number of methoxy groups -OCH3 is 1. The molecular weight excluding hydrogens is 320 g/mol. The maximum atomic E-state index is 12.8. The zero-order chi connectivity index (χ0) is 17.8. The molecule has 0 aliphatic heterocycles. The van der Waals surface area contributed by atoms with Gasteiger partial charge in [0.15, 0.2) is 0 Å². The predicted octanol–water partition coefficient (Wildman–Crippen LogP) is 2.42. The smallest absolute Gasteiger partial charge is 0.329 e. The average Bonchev–Trinajstić information content (AvgIpc) is 2.88. The lowest BCUT2D eigenvalue weighted by molar-refractivity contribution is -0.143. The highest BCUT2D eigenvalue weighted by Crippen LogP contribution is 2.16. The molecule has 0 bridgehead atoms. The van der Waals surface area contributed by atoms with Gasteiger partial charge in [-0.25, -0.2) is 4.79 Å². The van der Waals surface area contributed by atoms with Gasteiger partial charge in [0.05, 0.1) is 31.3 Å². The fraction of sp³-hybridized carbons (Fsp3) is 0.263. The van der Waals surface area contributed by atoms with E-state index >= 15 is 0 Å². The minimum absolute atomic E-state index is 0.0944. The Balaban J connectivity index is 2.01. The molecule has 0 saturated carbocycles. The van der Waals surface area contributed by atoms with E-state index in [1.165, 1.54) is 4.57 Å². The standard InChI is InChI=1S/C19H20N2O4/c1-3-25-18(22)13-21-17-7-5-4-6-16(17)20(19(21)23)12-14-8-10-15(24-2)11-9-14/h4-11H,3,12-13H2,1-2H3. The molecule has 0 radical (unpaired) electrons. The molecule has 3 rings (SSSR count). The Hall–Kier alpha value is -3.02. The summed E-state index contributed by atoms with van der Waals surface area (Å²) in [6.07, 6.45) is 0.